The van der Waals surface area contributed by atoms with Gasteiger partial charge in [-0.15, -0.1) is 0 Å². The van der Waals surface area contributed by atoms with Gasteiger partial charge in [0.2, 0.25) is 0 Å². The van der Waals surface area contributed by atoms with Gasteiger partial charge in [-0.05, 0) is 13.1 Å². The van der Waals surface area contributed by atoms with Crippen molar-refractivity contribution in [3.63, 3.8) is 0 Å². The Morgan fingerprint density at radius 2 is 1.88 bits per heavy atom. The van der Waals surface area contributed by atoms with Gasteiger partial charge in [0, 0.05) is 45.7 Å². The summed E-state index contributed by atoms with van der Waals surface area (Å²) < 4.78 is 5.25. The molecule has 1 rings (SSSR count). The van der Waals surface area contributed by atoms with Gasteiger partial charge in [-0.1, -0.05) is 13.8 Å². The van der Waals surface area contributed by atoms with Crippen molar-refractivity contribution in [1.82, 2.24) is 10.2 Å². The van der Waals surface area contributed by atoms with Crippen LogP contribution in [0.5, 0.6) is 0 Å². The van der Waals surface area contributed by atoms with Crippen LogP contribution in [0, 0.1) is 0 Å². The molecule has 0 aromatic carbocycles. The Labute approximate surface area is 99.0 Å². The summed E-state index contributed by atoms with van der Waals surface area (Å²) in [5.41, 5.74) is -0.540. The van der Waals surface area contributed by atoms with E-state index in [9.17, 15) is 5.11 Å². The summed E-state index contributed by atoms with van der Waals surface area (Å²) in [4.78, 5) is 2.38. The first-order valence-electron chi connectivity index (χ1n) is 6.43. The maximum absolute atomic E-state index is 10.2. The second-order valence-corrected chi connectivity index (χ2v) is 4.54. The summed E-state index contributed by atoms with van der Waals surface area (Å²) in [6, 6.07) is 0. The summed E-state index contributed by atoms with van der Waals surface area (Å²) in [6.45, 7) is 10.6. The SMILES string of the molecule is CCN(CC)CCNCC1(O)CCOCC1. The molecule has 0 saturated carbocycles. The van der Waals surface area contributed by atoms with E-state index >= 15 is 0 Å². The molecule has 0 amide bonds. The molecule has 96 valence electrons. The third-order valence-corrected chi connectivity index (χ3v) is 3.38. The lowest BCUT2D eigenvalue weighted by Gasteiger charge is -2.32. The van der Waals surface area contributed by atoms with Gasteiger partial charge >= 0.3 is 0 Å². The predicted molar refractivity (Wildman–Crippen MR) is 65.7 cm³/mol. The fourth-order valence-corrected chi connectivity index (χ4v) is 2.03. The first-order chi connectivity index (χ1) is 7.70. The molecule has 1 heterocycles. The van der Waals surface area contributed by atoms with E-state index in [-0.39, 0.29) is 0 Å². The van der Waals surface area contributed by atoms with Crippen molar-refractivity contribution in [2.45, 2.75) is 32.3 Å². The van der Waals surface area contributed by atoms with Crippen LogP contribution < -0.4 is 5.32 Å². The first-order valence-corrected chi connectivity index (χ1v) is 6.43. The van der Waals surface area contributed by atoms with Gasteiger partial charge in [-0.3, -0.25) is 0 Å². The zero-order chi connectivity index (χ0) is 11.9. The van der Waals surface area contributed by atoms with Crippen molar-refractivity contribution in [1.29, 1.82) is 0 Å². The number of hydrogen-bond donors (Lipinski definition) is 2. The Balaban J connectivity index is 2.09. The molecule has 4 nitrogen and oxygen atoms in total. The van der Waals surface area contributed by atoms with Crippen molar-refractivity contribution < 1.29 is 9.84 Å². The number of rotatable bonds is 7. The molecule has 0 unspecified atom stereocenters. The van der Waals surface area contributed by atoms with E-state index in [1.165, 1.54) is 0 Å². The molecule has 0 spiro atoms. The van der Waals surface area contributed by atoms with E-state index in [0.29, 0.717) is 19.8 Å². The summed E-state index contributed by atoms with van der Waals surface area (Å²) in [5, 5.41) is 13.5. The Morgan fingerprint density at radius 1 is 1.25 bits per heavy atom. The molecule has 1 aliphatic rings. The fraction of sp³-hybridized carbons (Fsp3) is 1.00. The van der Waals surface area contributed by atoms with Gasteiger partial charge in [0.05, 0.1) is 5.60 Å². The molecule has 0 aromatic heterocycles. The molecule has 2 N–H and O–H groups in total. The molecule has 1 saturated heterocycles. The third kappa shape index (κ3) is 4.78. The number of nitrogens with one attached hydrogen (secondary N) is 1. The lowest BCUT2D eigenvalue weighted by atomic mass is 9.94. The largest absolute Gasteiger partial charge is 0.388 e. The van der Waals surface area contributed by atoms with Crippen LogP contribution in [-0.2, 0) is 4.74 Å². The monoisotopic (exact) mass is 230 g/mol. The highest BCUT2D eigenvalue weighted by Crippen LogP contribution is 2.18. The van der Waals surface area contributed by atoms with E-state index in [1.54, 1.807) is 0 Å². The Bertz CT molecular complexity index is 178. The number of likely N-dealkylation sites (N-methyl/N-ethyl adjacent to an activating group) is 1. The molecule has 1 aliphatic heterocycles. The van der Waals surface area contributed by atoms with Gasteiger partial charge in [0.25, 0.3) is 0 Å². The second-order valence-electron chi connectivity index (χ2n) is 4.54. The highest BCUT2D eigenvalue weighted by Gasteiger charge is 2.28. The topological polar surface area (TPSA) is 44.7 Å². The fourth-order valence-electron chi connectivity index (χ4n) is 2.03. The molecule has 0 radical (unpaired) electrons. The summed E-state index contributed by atoms with van der Waals surface area (Å²) in [7, 11) is 0. The van der Waals surface area contributed by atoms with Crippen LogP contribution in [0.3, 0.4) is 0 Å². The average Bonchev–Trinajstić information content (AvgIpc) is 2.30. The summed E-state index contributed by atoms with van der Waals surface area (Å²) >= 11 is 0. The molecule has 0 bridgehead atoms. The predicted octanol–water partition coefficient (Wildman–Crippen LogP) is 0.459. The molecule has 0 atom stereocenters. The van der Waals surface area contributed by atoms with Crippen molar-refractivity contribution in [2.75, 3.05) is 45.9 Å². The third-order valence-electron chi connectivity index (χ3n) is 3.38. The Kier molecular flexibility index (Phi) is 6.28. The molecule has 1 fully saturated rings. The van der Waals surface area contributed by atoms with Crippen LogP contribution in [-0.4, -0.2) is 61.5 Å². The zero-order valence-corrected chi connectivity index (χ0v) is 10.7. The van der Waals surface area contributed by atoms with Crippen LogP contribution in [0.2, 0.25) is 0 Å². The first kappa shape index (κ1) is 13.9. The van der Waals surface area contributed by atoms with Gasteiger partial charge in [0.1, 0.15) is 0 Å². The highest BCUT2D eigenvalue weighted by molar-refractivity contribution is 4.83. The van der Waals surface area contributed by atoms with Crippen molar-refractivity contribution in [3.05, 3.63) is 0 Å². The van der Waals surface area contributed by atoms with Gasteiger partial charge in [-0.2, -0.15) is 0 Å². The Hall–Kier alpha value is -0.160. The minimum Gasteiger partial charge on any atom is -0.388 e. The minimum atomic E-state index is -0.540. The molecular weight excluding hydrogens is 204 g/mol. The van der Waals surface area contributed by atoms with Crippen molar-refractivity contribution in [2.24, 2.45) is 0 Å². The Morgan fingerprint density at radius 3 is 2.44 bits per heavy atom. The summed E-state index contributed by atoms with van der Waals surface area (Å²) in [5.74, 6) is 0. The molecule has 16 heavy (non-hydrogen) atoms. The van der Waals surface area contributed by atoms with Crippen LogP contribution in [0.15, 0.2) is 0 Å². The number of aliphatic hydroxyl groups is 1. The van der Waals surface area contributed by atoms with Crippen LogP contribution in [0.25, 0.3) is 0 Å². The number of hydrogen-bond acceptors (Lipinski definition) is 4. The maximum atomic E-state index is 10.2. The standard InChI is InChI=1S/C12H26N2O2/c1-3-14(4-2)8-7-13-11-12(15)5-9-16-10-6-12/h13,15H,3-11H2,1-2H3. The van der Waals surface area contributed by atoms with Crippen LogP contribution in [0.1, 0.15) is 26.7 Å². The van der Waals surface area contributed by atoms with Crippen LogP contribution in [0.4, 0.5) is 0 Å². The molecular formula is C12H26N2O2. The average molecular weight is 230 g/mol. The maximum Gasteiger partial charge on any atom is 0.0815 e. The lowest BCUT2D eigenvalue weighted by molar-refractivity contribution is -0.0615. The van der Waals surface area contributed by atoms with Gasteiger partial charge < -0.3 is 20.1 Å². The quantitative estimate of drug-likeness (QED) is 0.624. The number of ether oxygens (including phenoxy) is 1. The lowest BCUT2D eigenvalue weighted by Crippen LogP contribution is -2.46. The van der Waals surface area contributed by atoms with E-state index in [1.807, 2.05) is 0 Å². The molecule has 0 aliphatic carbocycles. The zero-order valence-electron chi connectivity index (χ0n) is 10.7. The van der Waals surface area contributed by atoms with Crippen molar-refractivity contribution >= 4 is 0 Å². The molecule has 4 heteroatoms. The van der Waals surface area contributed by atoms with E-state index in [0.717, 1.165) is 39.0 Å². The van der Waals surface area contributed by atoms with Gasteiger partial charge in [0.15, 0.2) is 0 Å². The van der Waals surface area contributed by atoms with E-state index < -0.39 is 5.60 Å². The minimum absolute atomic E-state index is 0.540. The van der Waals surface area contributed by atoms with E-state index in [4.69, 9.17) is 4.74 Å². The van der Waals surface area contributed by atoms with Crippen molar-refractivity contribution in [3.8, 4) is 0 Å². The van der Waals surface area contributed by atoms with E-state index in [2.05, 4.69) is 24.1 Å². The highest BCUT2D eigenvalue weighted by atomic mass is 16.5. The summed E-state index contributed by atoms with van der Waals surface area (Å²) in [6.07, 6.45) is 1.51. The van der Waals surface area contributed by atoms with Crippen LogP contribution >= 0.6 is 0 Å². The van der Waals surface area contributed by atoms with Gasteiger partial charge in [-0.25, -0.2) is 0 Å². The number of nitrogens with zero attached hydrogens (tertiary/aromatic N) is 1. The molecule has 0 aromatic rings. The smallest absolute Gasteiger partial charge is 0.0815 e. The normalized spacial score (nSPS) is 20.2. The second kappa shape index (κ2) is 7.22.